The molecule has 2 atom stereocenters. The number of aryl methyl sites for hydroxylation is 1. The number of nitrogens with one attached hydrogen (secondary N) is 1. The number of imidazole rings is 1. The molecule has 94 valence electrons. The SMILES string of the molecule is CC1CCCc2cnc(CC3CCCNC3)n21. The predicted molar refractivity (Wildman–Crippen MR) is 69.2 cm³/mol. The fraction of sp³-hybridized carbons (Fsp3) is 0.786. The van der Waals surface area contributed by atoms with Crippen LogP contribution < -0.4 is 5.32 Å². The predicted octanol–water partition coefficient (Wildman–Crippen LogP) is 2.32. The molecule has 1 saturated heterocycles. The van der Waals surface area contributed by atoms with Gasteiger partial charge in [0, 0.05) is 24.4 Å². The maximum atomic E-state index is 4.68. The zero-order chi connectivity index (χ0) is 11.7. The van der Waals surface area contributed by atoms with E-state index in [0.717, 1.165) is 12.3 Å². The molecule has 0 amide bonds. The maximum absolute atomic E-state index is 4.68. The highest BCUT2D eigenvalue weighted by molar-refractivity contribution is 5.10. The van der Waals surface area contributed by atoms with Gasteiger partial charge >= 0.3 is 0 Å². The van der Waals surface area contributed by atoms with Gasteiger partial charge in [0.2, 0.25) is 0 Å². The van der Waals surface area contributed by atoms with Crippen LogP contribution in [0.15, 0.2) is 6.20 Å². The number of piperidine rings is 1. The van der Waals surface area contributed by atoms with Crippen molar-refractivity contribution >= 4 is 0 Å². The van der Waals surface area contributed by atoms with Gasteiger partial charge in [0.15, 0.2) is 0 Å². The first kappa shape index (κ1) is 11.3. The summed E-state index contributed by atoms with van der Waals surface area (Å²) in [6, 6.07) is 0.660. The van der Waals surface area contributed by atoms with Crippen molar-refractivity contribution < 1.29 is 0 Å². The second-order valence-corrected chi connectivity index (χ2v) is 5.69. The first-order chi connectivity index (χ1) is 8.34. The van der Waals surface area contributed by atoms with E-state index in [-0.39, 0.29) is 0 Å². The largest absolute Gasteiger partial charge is 0.329 e. The Bertz CT molecular complexity index is 377. The zero-order valence-electron chi connectivity index (χ0n) is 10.8. The number of hydrogen-bond acceptors (Lipinski definition) is 2. The highest BCUT2D eigenvalue weighted by atomic mass is 15.1. The quantitative estimate of drug-likeness (QED) is 0.849. The standard InChI is InChI=1S/C14H23N3/c1-11-4-2-6-13-10-16-14(17(11)13)8-12-5-3-7-15-9-12/h10-12,15H,2-9H2,1H3. The van der Waals surface area contributed by atoms with Gasteiger partial charge in [-0.1, -0.05) is 0 Å². The van der Waals surface area contributed by atoms with Crippen LogP contribution in [0, 0.1) is 5.92 Å². The molecular formula is C14H23N3. The van der Waals surface area contributed by atoms with Crippen molar-refractivity contribution in [1.29, 1.82) is 0 Å². The molecule has 3 nitrogen and oxygen atoms in total. The minimum Gasteiger partial charge on any atom is -0.329 e. The van der Waals surface area contributed by atoms with E-state index in [1.807, 2.05) is 0 Å². The van der Waals surface area contributed by atoms with Gasteiger partial charge in [-0.2, -0.15) is 0 Å². The monoisotopic (exact) mass is 233 g/mol. The van der Waals surface area contributed by atoms with Crippen LogP contribution >= 0.6 is 0 Å². The average Bonchev–Trinajstić information content (AvgIpc) is 2.75. The van der Waals surface area contributed by atoms with E-state index in [2.05, 4.69) is 28.0 Å². The van der Waals surface area contributed by atoms with Crippen molar-refractivity contribution in [2.75, 3.05) is 13.1 Å². The molecular weight excluding hydrogens is 210 g/mol. The molecule has 2 unspecified atom stereocenters. The summed E-state index contributed by atoms with van der Waals surface area (Å²) in [5.41, 5.74) is 1.46. The number of rotatable bonds is 2. The molecule has 3 rings (SSSR count). The lowest BCUT2D eigenvalue weighted by Gasteiger charge is -2.27. The first-order valence-corrected chi connectivity index (χ1v) is 7.10. The molecule has 0 bridgehead atoms. The lowest BCUT2D eigenvalue weighted by atomic mass is 9.95. The van der Waals surface area contributed by atoms with Gasteiger partial charge in [-0.25, -0.2) is 4.98 Å². The fourth-order valence-corrected chi connectivity index (χ4v) is 3.38. The van der Waals surface area contributed by atoms with E-state index >= 15 is 0 Å². The summed E-state index contributed by atoms with van der Waals surface area (Å²) in [4.78, 5) is 4.68. The van der Waals surface area contributed by atoms with E-state index in [1.54, 1.807) is 0 Å². The van der Waals surface area contributed by atoms with Crippen LogP contribution in [0.4, 0.5) is 0 Å². The summed E-state index contributed by atoms with van der Waals surface area (Å²) in [7, 11) is 0. The normalized spacial score (nSPS) is 29.0. The Hall–Kier alpha value is -0.830. The van der Waals surface area contributed by atoms with E-state index in [1.165, 1.54) is 56.7 Å². The molecule has 0 radical (unpaired) electrons. The number of nitrogens with zero attached hydrogens (tertiary/aromatic N) is 2. The molecule has 1 N–H and O–H groups in total. The molecule has 0 aromatic carbocycles. The molecule has 2 aliphatic heterocycles. The molecule has 0 saturated carbocycles. The van der Waals surface area contributed by atoms with Crippen LogP contribution in [0.5, 0.6) is 0 Å². The third-order valence-electron chi connectivity index (χ3n) is 4.32. The van der Waals surface area contributed by atoms with E-state index < -0.39 is 0 Å². The molecule has 3 heteroatoms. The summed E-state index contributed by atoms with van der Waals surface area (Å²) in [6.45, 7) is 4.72. The molecule has 3 heterocycles. The van der Waals surface area contributed by atoms with Crippen LogP contribution in [0.3, 0.4) is 0 Å². The lowest BCUT2D eigenvalue weighted by molar-refractivity contribution is 0.352. The molecule has 2 aliphatic rings. The van der Waals surface area contributed by atoms with Gasteiger partial charge in [0.25, 0.3) is 0 Å². The third kappa shape index (κ3) is 2.25. The number of aromatic nitrogens is 2. The number of fused-ring (bicyclic) bond motifs is 1. The van der Waals surface area contributed by atoms with Gasteiger partial charge in [0.05, 0.1) is 0 Å². The third-order valence-corrected chi connectivity index (χ3v) is 4.32. The minimum absolute atomic E-state index is 0.660. The zero-order valence-corrected chi connectivity index (χ0v) is 10.8. The smallest absolute Gasteiger partial charge is 0.109 e. The molecule has 1 fully saturated rings. The Morgan fingerprint density at radius 3 is 3.18 bits per heavy atom. The Morgan fingerprint density at radius 1 is 1.41 bits per heavy atom. The summed E-state index contributed by atoms with van der Waals surface area (Å²) in [6.07, 6.45) is 9.84. The number of hydrogen-bond donors (Lipinski definition) is 1. The van der Waals surface area contributed by atoms with Crippen molar-refractivity contribution in [1.82, 2.24) is 14.9 Å². The average molecular weight is 233 g/mol. The van der Waals surface area contributed by atoms with E-state index in [0.29, 0.717) is 6.04 Å². The van der Waals surface area contributed by atoms with Gasteiger partial charge in [0.1, 0.15) is 5.82 Å². The van der Waals surface area contributed by atoms with Crippen LogP contribution in [0.2, 0.25) is 0 Å². The molecule has 0 aliphatic carbocycles. The highest BCUT2D eigenvalue weighted by Gasteiger charge is 2.22. The minimum atomic E-state index is 0.660. The highest BCUT2D eigenvalue weighted by Crippen LogP contribution is 2.27. The molecule has 17 heavy (non-hydrogen) atoms. The topological polar surface area (TPSA) is 29.9 Å². The van der Waals surface area contributed by atoms with Gasteiger partial charge in [-0.3, -0.25) is 0 Å². The lowest BCUT2D eigenvalue weighted by Crippen LogP contribution is -2.31. The Morgan fingerprint density at radius 2 is 2.35 bits per heavy atom. The Balaban J connectivity index is 1.76. The van der Waals surface area contributed by atoms with Crippen LogP contribution in [0.1, 0.15) is 50.2 Å². The van der Waals surface area contributed by atoms with Gasteiger partial charge in [-0.15, -0.1) is 0 Å². The van der Waals surface area contributed by atoms with Crippen molar-refractivity contribution in [3.05, 3.63) is 17.7 Å². The van der Waals surface area contributed by atoms with Crippen molar-refractivity contribution in [2.45, 2.75) is 51.5 Å². The first-order valence-electron chi connectivity index (χ1n) is 7.10. The molecule has 1 aromatic heterocycles. The Labute approximate surface area is 104 Å². The van der Waals surface area contributed by atoms with Crippen molar-refractivity contribution in [3.8, 4) is 0 Å². The summed E-state index contributed by atoms with van der Waals surface area (Å²) >= 11 is 0. The van der Waals surface area contributed by atoms with E-state index in [4.69, 9.17) is 0 Å². The van der Waals surface area contributed by atoms with Gasteiger partial charge < -0.3 is 9.88 Å². The summed E-state index contributed by atoms with van der Waals surface area (Å²) in [5, 5.41) is 3.50. The molecule has 0 spiro atoms. The fourth-order valence-electron chi connectivity index (χ4n) is 3.38. The summed E-state index contributed by atoms with van der Waals surface area (Å²) in [5.74, 6) is 2.13. The second-order valence-electron chi connectivity index (χ2n) is 5.69. The second kappa shape index (κ2) is 4.81. The maximum Gasteiger partial charge on any atom is 0.109 e. The van der Waals surface area contributed by atoms with Crippen LogP contribution in [-0.2, 0) is 12.8 Å². The molecule has 1 aromatic rings. The Kier molecular flexibility index (Phi) is 3.19. The van der Waals surface area contributed by atoms with Crippen molar-refractivity contribution in [3.63, 3.8) is 0 Å². The van der Waals surface area contributed by atoms with Crippen molar-refractivity contribution in [2.24, 2.45) is 5.92 Å². The van der Waals surface area contributed by atoms with E-state index in [9.17, 15) is 0 Å². The van der Waals surface area contributed by atoms with Crippen LogP contribution in [-0.4, -0.2) is 22.6 Å². The van der Waals surface area contributed by atoms with Gasteiger partial charge in [-0.05, 0) is 58.0 Å². The van der Waals surface area contributed by atoms with Crippen LogP contribution in [0.25, 0.3) is 0 Å². The summed E-state index contributed by atoms with van der Waals surface area (Å²) < 4.78 is 2.51.